The first-order chi connectivity index (χ1) is 17.4. The van der Waals surface area contributed by atoms with Gasteiger partial charge >= 0.3 is 5.97 Å². The van der Waals surface area contributed by atoms with Crippen LogP contribution in [-0.2, 0) is 4.74 Å². The first kappa shape index (κ1) is 23.0. The van der Waals surface area contributed by atoms with Gasteiger partial charge in [-0.15, -0.1) is 0 Å². The van der Waals surface area contributed by atoms with E-state index in [2.05, 4.69) is 12.1 Å². The van der Waals surface area contributed by atoms with Gasteiger partial charge < -0.3 is 9.64 Å². The van der Waals surface area contributed by atoms with Crippen LogP contribution in [0.1, 0.15) is 37.8 Å². The number of fused-ring (bicyclic) bond motifs is 3. The predicted molar refractivity (Wildman–Crippen MR) is 130 cm³/mol. The summed E-state index contributed by atoms with van der Waals surface area (Å²) in [6.45, 7) is 0. The molecule has 3 aromatic carbocycles. The molecule has 0 bridgehead atoms. The van der Waals surface area contributed by atoms with E-state index in [9.17, 15) is 24.5 Å². The number of para-hydroxylation sites is 1. The number of ether oxygens (including phenoxy) is 1. The molecular formula is C29H20FN3O3. The fourth-order valence-electron chi connectivity index (χ4n) is 5.34. The van der Waals surface area contributed by atoms with Crippen molar-refractivity contribution in [1.29, 1.82) is 10.5 Å². The Balaban J connectivity index is 1.74. The first-order valence-corrected chi connectivity index (χ1v) is 11.3. The number of carbonyl (C=O) groups excluding carboxylic acids is 2. The Hall–Kier alpha value is -4.75. The molecule has 6 nitrogen and oxygen atoms in total. The van der Waals surface area contributed by atoms with E-state index < -0.39 is 35.2 Å². The van der Waals surface area contributed by atoms with Gasteiger partial charge in [0.05, 0.1) is 30.9 Å². The van der Waals surface area contributed by atoms with Crippen LogP contribution in [0, 0.1) is 33.9 Å². The Kier molecular flexibility index (Phi) is 5.62. The van der Waals surface area contributed by atoms with E-state index in [1.807, 2.05) is 35.2 Å². The summed E-state index contributed by atoms with van der Waals surface area (Å²) in [5.74, 6) is -2.19. The third-order valence-electron chi connectivity index (χ3n) is 7.00. The van der Waals surface area contributed by atoms with Crippen LogP contribution < -0.4 is 4.90 Å². The molecule has 0 N–H and O–H groups in total. The zero-order valence-electron chi connectivity index (χ0n) is 19.3. The average molecular weight is 477 g/mol. The van der Waals surface area contributed by atoms with Crippen LogP contribution >= 0.6 is 0 Å². The molecule has 0 radical (unpaired) electrons. The minimum atomic E-state index is -1.61. The monoisotopic (exact) mass is 477 g/mol. The lowest BCUT2D eigenvalue weighted by Crippen LogP contribution is -2.44. The molecule has 0 aliphatic carbocycles. The van der Waals surface area contributed by atoms with Crippen LogP contribution in [0.25, 0.3) is 6.08 Å². The minimum absolute atomic E-state index is 0.273. The van der Waals surface area contributed by atoms with Crippen molar-refractivity contribution in [3.8, 4) is 12.1 Å². The summed E-state index contributed by atoms with van der Waals surface area (Å²) >= 11 is 0. The van der Waals surface area contributed by atoms with Gasteiger partial charge in [0, 0.05) is 17.2 Å². The summed E-state index contributed by atoms with van der Waals surface area (Å²) in [5, 5.41) is 20.9. The van der Waals surface area contributed by atoms with Crippen LogP contribution in [0.3, 0.4) is 0 Å². The molecule has 5 rings (SSSR count). The van der Waals surface area contributed by atoms with Gasteiger partial charge in [-0.05, 0) is 53.6 Å². The maximum absolute atomic E-state index is 14.1. The average Bonchev–Trinajstić information content (AvgIpc) is 3.23. The van der Waals surface area contributed by atoms with Crippen LogP contribution in [0.4, 0.5) is 10.1 Å². The van der Waals surface area contributed by atoms with E-state index in [4.69, 9.17) is 4.74 Å². The molecule has 2 aliphatic heterocycles. The predicted octanol–water partition coefficient (Wildman–Crippen LogP) is 4.90. The summed E-state index contributed by atoms with van der Waals surface area (Å²) in [6.07, 6.45) is 3.66. The number of anilines is 1. The van der Waals surface area contributed by atoms with Gasteiger partial charge in [0.15, 0.2) is 11.2 Å². The van der Waals surface area contributed by atoms with Crippen LogP contribution in [0.2, 0.25) is 0 Å². The smallest absolute Gasteiger partial charge is 0.337 e. The molecule has 2 aliphatic rings. The Morgan fingerprint density at radius 1 is 0.944 bits per heavy atom. The normalized spacial score (nSPS) is 21.0. The topological polar surface area (TPSA) is 94.2 Å². The van der Waals surface area contributed by atoms with E-state index >= 15 is 0 Å². The van der Waals surface area contributed by atoms with Crippen molar-refractivity contribution in [1.82, 2.24) is 0 Å². The summed E-state index contributed by atoms with van der Waals surface area (Å²) in [4.78, 5) is 27.9. The summed E-state index contributed by atoms with van der Waals surface area (Å²) < 4.78 is 18.4. The van der Waals surface area contributed by atoms with Crippen molar-refractivity contribution in [2.75, 3.05) is 12.0 Å². The maximum Gasteiger partial charge on any atom is 0.337 e. The fourth-order valence-corrected chi connectivity index (χ4v) is 5.34. The quantitative estimate of drug-likeness (QED) is 0.392. The van der Waals surface area contributed by atoms with Crippen LogP contribution in [0.5, 0.6) is 0 Å². The van der Waals surface area contributed by atoms with Crippen LogP contribution in [0.15, 0.2) is 78.9 Å². The van der Waals surface area contributed by atoms with E-state index in [0.717, 1.165) is 11.3 Å². The van der Waals surface area contributed by atoms with Crippen molar-refractivity contribution in [3.05, 3.63) is 107 Å². The molecule has 1 saturated heterocycles. The number of esters is 1. The standard InChI is InChI=1S/C29H20FN3O3/c1-36-28(35)21-8-6-19(7-9-21)25-26(27(34)20-10-13-22(30)14-11-20)33-23-5-3-2-4-18(23)12-15-24(33)29(25,16-31)17-32/h2-15,24-26H,1H3. The lowest BCUT2D eigenvalue weighted by Gasteiger charge is -2.35. The molecule has 1 fully saturated rings. The van der Waals surface area contributed by atoms with Gasteiger partial charge in [0.2, 0.25) is 0 Å². The number of ketones is 1. The van der Waals surface area contributed by atoms with E-state index in [-0.39, 0.29) is 11.3 Å². The van der Waals surface area contributed by atoms with Crippen molar-refractivity contribution in [2.45, 2.75) is 18.0 Å². The molecule has 0 saturated carbocycles. The number of halogens is 1. The highest BCUT2D eigenvalue weighted by Crippen LogP contribution is 2.55. The highest BCUT2D eigenvalue weighted by Gasteiger charge is 2.63. The largest absolute Gasteiger partial charge is 0.465 e. The Morgan fingerprint density at radius 3 is 2.22 bits per heavy atom. The number of benzene rings is 3. The van der Waals surface area contributed by atoms with E-state index in [1.165, 1.54) is 31.4 Å². The SMILES string of the molecule is COC(=O)c1ccc(C2C(C(=O)c3ccc(F)cc3)N3c4ccccc4C=CC3C2(C#N)C#N)cc1. The molecule has 3 atom stereocenters. The molecule has 2 heterocycles. The number of hydrogen-bond acceptors (Lipinski definition) is 6. The molecule has 3 aromatic rings. The van der Waals surface area contributed by atoms with E-state index in [1.54, 1.807) is 30.3 Å². The Bertz CT molecular complexity index is 1450. The molecule has 0 spiro atoms. The van der Waals surface area contributed by atoms with Crippen molar-refractivity contribution in [2.24, 2.45) is 5.41 Å². The first-order valence-electron chi connectivity index (χ1n) is 11.3. The van der Waals surface area contributed by atoms with Crippen molar-refractivity contribution in [3.63, 3.8) is 0 Å². The minimum Gasteiger partial charge on any atom is -0.465 e. The van der Waals surface area contributed by atoms with Crippen molar-refractivity contribution < 1.29 is 18.7 Å². The lowest BCUT2D eigenvalue weighted by atomic mass is 9.69. The second kappa shape index (κ2) is 8.79. The Morgan fingerprint density at radius 2 is 1.58 bits per heavy atom. The number of nitriles is 2. The fraction of sp³-hybridized carbons (Fsp3) is 0.172. The maximum atomic E-state index is 14.1. The number of carbonyl (C=O) groups is 2. The molecule has 3 unspecified atom stereocenters. The second-order valence-corrected chi connectivity index (χ2v) is 8.77. The number of methoxy groups -OCH3 is 1. The third-order valence-corrected chi connectivity index (χ3v) is 7.00. The second-order valence-electron chi connectivity index (χ2n) is 8.77. The highest BCUT2D eigenvalue weighted by molar-refractivity contribution is 6.04. The summed E-state index contributed by atoms with van der Waals surface area (Å²) in [6, 6.07) is 22.0. The molecule has 7 heteroatoms. The summed E-state index contributed by atoms with van der Waals surface area (Å²) in [7, 11) is 1.28. The zero-order valence-corrected chi connectivity index (χ0v) is 19.3. The lowest BCUT2D eigenvalue weighted by molar-refractivity contribution is 0.0600. The number of nitrogens with zero attached hydrogens (tertiary/aromatic N) is 3. The van der Waals surface area contributed by atoms with Crippen molar-refractivity contribution >= 4 is 23.5 Å². The van der Waals surface area contributed by atoms with Gasteiger partial charge in [-0.25, -0.2) is 9.18 Å². The molecule has 0 aromatic heterocycles. The zero-order chi connectivity index (χ0) is 25.4. The molecule has 36 heavy (non-hydrogen) atoms. The molecule has 176 valence electrons. The van der Waals surface area contributed by atoms with Gasteiger partial charge in [-0.3, -0.25) is 4.79 Å². The summed E-state index contributed by atoms with van der Waals surface area (Å²) in [5.41, 5.74) is 1.12. The van der Waals surface area contributed by atoms with Gasteiger partial charge in [-0.2, -0.15) is 10.5 Å². The Labute approximate surface area is 207 Å². The highest BCUT2D eigenvalue weighted by atomic mass is 19.1. The molecular weight excluding hydrogens is 457 g/mol. The number of rotatable bonds is 4. The van der Waals surface area contributed by atoms with Crippen LogP contribution in [-0.4, -0.2) is 30.9 Å². The molecule has 0 amide bonds. The van der Waals surface area contributed by atoms with Gasteiger partial charge in [0.25, 0.3) is 0 Å². The van der Waals surface area contributed by atoms with Gasteiger partial charge in [0.1, 0.15) is 11.9 Å². The van der Waals surface area contributed by atoms with Gasteiger partial charge in [-0.1, -0.05) is 42.5 Å². The number of hydrogen-bond donors (Lipinski definition) is 0. The third kappa shape index (κ3) is 3.37. The van der Waals surface area contributed by atoms with E-state index in [0.29, 0.717) is 11.1 Å². The number of Topliss-reactive ketones (excluding diaryl/α,β-unsaturated/α-hetero) is 1.